The first-order chi connectivity index (χ1) is 10.1. The van der Waals surface area contributed by atoms with E-state index in [2.05, 4.69) is 16.5 Å². The number of aliphatic hydroxyl groups is 3. The van der Waals surface area contributed by atoms with Gasteiger partial charge in [-0.15, -0.1) is 0 Å². The summed E-state index contributed by atoms with van der Waals surface area (Å²) >= 11 is 0. The molecule has 110 valence electrons. The molecule has 0 radical (unpaired) electrons. The summed E-state index contributed by atoms with van der Waals surface area (Å²) in [6.07, 6.45) is 4.21. The van der Waals surface area contributed by atoms with Crippen molar-refractivity contribution in [1.29, 1.82) is 0 Å². The van der Waals surface area contributed by atoms with Crippen molar-refractivity contribution < 1.29 is 15.3 Å². The fourth-order valence-electron chi connectivity index (χ4n) is 2.73. The number of hydrogen-bond acceptors (Lipinski definition) is 6. The summed E-state index contributed by atoms with van der Waals surface area (Å²) in [6, 6.07) is -0.535. The zero-order valence-corrected chi connectivity index (χ0v) is 11.2. The lowest BCUT2D eigenvalue weighted by atomic mass is 10.1. The van der Waals surface area contributed by atoms with Crippen LogP contribution in [0.1, 0.15) is 11.6 Å². The van der Waals surface area contributed by atoms with Crippen molar-refractivity contribution in [3.05, 3.63) is 36.3 Å². The molecule has 0 spiro atoms. The maximum atomic E-state index is 10.2. The largest absolute Gasteiger partial charge is 0.392 e. The number of anilines is 1. The molecule has 0 saturated carbocycles. The molecular weight excluding hydrogens is 272 g/mol. The summed E-state index contributed by atoms with van der Waals surface area (Å²) in [4.78, 5) is 8.16. The number of nitrogen functional groups attached to an aromatic ring is 1. The van der Waals surface area contributed by atoms with Crippen molar-refractivity contribution in [2.45, 2.75) is 18.2 Å². The van der Waals surface area contributed by atoms with E-state index in [4.69, 9.17) is 5.73 Å². The predicted molar refractivity (Wildman–Crippen MR) is 78.3 cm³/mol. The first kappa shape index (κ1) is 13.7. The Labute approximate surface area is 120 Å². The summed E-state index contributed by atoms with van der Waals surface area (Å²) in [5, 5.41) is 30.0. The van der Waals surface area contributed by atoms with Crippen LogP contribution >= 0.6 is 0 Å². The minimum Gasteiger partial charge on any atom is -0.392 e. The van der Waals surface area contributed by atoms with E-state index in [0.29, 0.717) is 22.4 Å². The maximum absolute atomic E-state index is 10.2. The van der Waals surface area contributed by atoms with Gasteiger partial charge in [-0.3, -0.25) is 0 Å². The second kappa shape index (κ2) is 4.96. The summed E-state index contributed by atoms with van der Waals surface area (Å²) < 4.78 is 1.71. The molecule has 1 unspecified atom stereocenters. The molecule has 0 bridgehead atoms. The Morgan fingerprint density at radius 1 is 1.38 bits per heavy atom. The number of nitrogens with zero attached hydrogens (tertiary/aromatic N) is 3. The van der Waals surface area contributed by atoms with E-state index in [9.17, 15) is 15.3 Å². The van der Waals surface area contributed by atoms with Crippen LogP contribution in [0.25, 0.3) is 17.1 Å². The Morgan fingerprint density at radius 2 is 2.14 bits per heavy atom. The molecule has 2 aromatic rings. The van der Waals surface area contributed by atoms with Crippen LogP contribution in [0.2, 0.25) is 0 Å². The van der Waals surface area contributed by atoms with Gasteiger partial charge in [0.15, 0.2) is 0 Å². The number of hydrogen-bond donors (Lipinski definition) is 4. The highest BCUT2D eigenvalue weighted by atomic mass is 16.3. The molecule has 0 aliphatic heterocycles. The molecule has 0 amide bonds. The second-order valence-corrected chi connectivity index (χ2v) is 4.98. The van der Waals surface area contributed by atoms with Crippen molar-refractivity contribution >= 4 is 22.9 Å². The van der Waals surface area contributed by atoms with Gasteiger partial charge in [-0.25, -0.2) is 9.97 Å². The Bertz CT molecular complexity index is 737. The maximum Gasteiger partial charge on any atom is 0.146 e. The number of aliphatic hydroxyl groups excluding tert-OH is 3. The number of nitrogens with two attached hydrogens (primary N) is 1. The standard InChI is InChI=1S/C14H16N4O3/c1-2-7-4-18(14-10(7)13(15)16-6-17-14)9-3-8(5-19)11(20)12(9)21/h2-4,6,9,11-12,19-21H,1,5H2,(H2,15,16,17)/t9-,11?,12-/m1/s1. The molecule has 3 atom stereocenters. The summed E-state index contributed by atoms with van der Waals surface area (Å²) in [5.74, 6) is 0.327. The third-order valence-corrected chi connectivity index (χ3v) is 3.83. The third-order valence-electron chi connectivity index (χ3n) is 3.83. The van der Waals surface area contributed by atoms with Crippen molar-refractivity contribution in [3.8, 4) is 0 Å². The molecule has 0 aromatic carbocycles. The molecule has 0 fully saturated rings. The molecule has 5 N–H and O–H groups in total. The van der Waals surface area contributed by atoms with Gasteiger partial charge in [-0.2, -0.15) is 0 Å². The lowest BCUT2D eigenvalue weighted by Gasteiger charge is -2.19. The van der Waals surface area contributed by atoms with Crippen molar-refractivity contribution in [3.63, 3.8) is 0 Å². The second-order valence-electron chi connectivity index (χ2n) is 4.98. The Balaban J connectivity index is 2.20. The smallest absolute Gasteiger partial charge is 0.146 e. The van der Waals surface area contributed by atoms with Crippen molar-refractivity contribution in [2.24, 2.45) is 0 Å². The molecule has 2 heterocycles. The van der Waals surface area contributed by atoms with Crippen LogP contribution in [-0.4, -0.2) is 48.7 Å². The molecular formula is C14H16N4O3. The van der Waals surface area contributed by atoms with Gasteiger partial charge in [-0.05, 0) is 5.57 Å². The van der Waals surface area contributed by atoms with Crippen LogP contribution in [0.5, 0.6) is 0 Å². The van der Waals surface area contributed by atoms with Gasteiger partial charge in [0, 0.05) is 11.8 Å². The van der Waals surface area contributed by atoms with Crippen molar-refractivity contribution in [1.82, 2.24) is 14.5 Å². The summed E-state index contributed by atoms with van der Waals surface area (Å²) in [6.45, 7) is 3.43. The van der Waals surface area contributed by atoms with Gasteiger partial charge in [0.1, 0.15) is 30.0 Å². The highest BCUT2D eigenvalue weighted by Crippen LogP contribution is 2.34. The average Bonchev–Trinajstić information content (AvgIpc) is 2.99. The number of rotatable bonds is 3. The first-order valence-electron chi connectivity index (χ1n) is 6.49. The Hall–Kier alpha value is -2.22. The minimum atomic E-state index is -1.09. The molecule has 7 heteroatoms. The van der Waals surface area contributed by atoms with Gasteiger partial charge in [0.05, 0.1) is 18.0 Å². The summed E-state index contributed by atoms with van der Waals surface area (Å²) in [5.41, 5.74) is 7.56. The molecule has 2 aromatic heterocycles. The van der Waals surface area contributed by atoms with Gasteiger partial charge >= 0.3 is 0 Å². The van der Waals surface area contributed by atoms with E-state index >= 15 is 0 Å². The van der Waals surface area contributed by atoms with Crippen LogP contribution in [0.3, 0.4) is 0 Å². The van der Waals surface area contributed by atoms with Gasteiger partial charge in [0.2, 0.25) is 0 Å². The predicted octanol–water partition coefficient (Wildman–Crippen LogP) is -0.148. The minimum absolute atomic E-state index is 0.306. The fourth-order valence-corrected chi connectivity index (χ4v) is 2.73. The highest BCUT2D eigenvalue weighted by Gasteiger charge is 2.36. The van der Waals surface area contributed by atoms with Crippen LogP contribution in [0, 0.1) is 0 Å². The molecule has 1 aliphatic rings. The van der Waals surface area contributed by atoms with E-state index in [1.54, 1.807) is 22.9 Å². The first-order valence-corrected chi connectivity index (χ1v) is 6.49. The monoisotopic (exact) mass is 288 g/mol. The van der Waals surface area contributed by atoms with Gasteiger partial charge in [-0.1, -0.05) is 18.7 Å². The average molecular weight is 288 g/mol. The fraction of sp³-hybridized carbons (Fsp3) is 0.286. The zero-order valence-electron chi connectivity index (χ0n) is 11.2. The molecule has 0 saturated heterocycles. The van der Waals surface area contributed by atoms with Gasteiger partial charge in [0.25, 0.3) is 0 Å². The molecule has 1 aliphatic carbocycles. The molecule has 3 rings (SSSR count). The van der Waals surface area contributed by atoms with E-state index in [1.165, 1.54) is 6.33 Å². The quantitative estimate of drug-likeness (QED) is 0.584. The van der Waals surface area contributed by atoms with Gasteiger partial charge < -0.3 is 25.6 Å². The zero-order chi connectivity index (χ0) is 15.1. The topological polar surface area (TPSA) is 117 Å². The lowest BCUT2D eigenvalue weighted by molar-refractivity contribution is 0.0288. The van der Waals surface area contributed by atoms with Crippen LogP contribution in [0.15, 0.2) is 30.8 Å². The SMILES string of the molecule is C=Cc1cn([C@@H]2C=C(CO)C(O)[C@@H]2O)c2ncnc(N)c12. The Morgan fingerprint density at radius 3 is 2.76 bits per heavy atom. The van der Waals surface area contributed by atoms with E-state index in [0.717, 1.165) is 5.56 Å². The van der Waals surface area contributed by atoms with Crippen molar-refractivity contribution in [2.75, 3.05) is 12.3 Å². The van der Waals surface area contributed by atoms with E-state index < -0.39 is 18.2 Å². The molecule has 21 heavy (non-hydrogen) atoms. The van der Waals surface area contributed by atoms with Crippen LogP contribution in [-0.2, 0) is 0 Å². The molecule has 7 nitrogen and oxygen atoms in total. The normalized spacial score (nSPS) is 25.3. The Kier molecular flexibility index (Phi) is 3.25. The summed E-state index contributed by atoms with van der Waals surface area (Å²) in [7, 11) is 0. The van der Waals surface area contributed by atoms with E-state index in [-0.39, 0.29) is 6.61 Å². The lowest BCUT2D eigenvalue weighted by Crippen LogP contribution is -2.30. The number of aromatic nitrogens is 3. The highest BCUT2D eigenvalue weighted by molar-refractivity contribution is 5.94. The van der Waals surface area contributed by atoms with Crippen LogP contribution in [0.4, 0.5) is 5.82 Å². The van der Waals surface area contributed by atoms with Crippen LogP contribution < -0.4 is 5.73 Å². The number of fused-ring (bicyclic) bond motifs is 1. The third kappa shape index (κ3) is 1.94. The van der Waals surface area contributed by atoms with E-state index in [1.807, 2.05) is 0 Å².